The molecule has 0 unspecified atom stereocenters. The Morgan fingerprint density at radius 3 is 2.31 bits per heavy atom. The van der Waals surface area contributed by atoms with Crippen LogP contribution in [-0.4, -0.2) is 39.8 Å². The van der Waals surface area contributed by atoms with E-state index in [-0.39, 0.29) is 6.03 Å². The Kier molecular flexibility index (Phi) is 5.21. The zero-order chi connectivity index (χ0) is 21.7. The van der Waals surface area contributed by atoms with Crippen molar-refractivity contribution in [3.8, 4) is 0 Å². The molecule has 4 aliphatic carbocycles. The van der Waals surface area contributed by atoms with Crippen molar-refractivity contribution < 1.29 is 4.79 Å². The van der Waals surface area contributed by atoms with Crippen LogP contribution in [0.25, 0.3) is 0 Å². The molecular formula is C26H35N5O. The van der Waals surface area contributed by atoms with E-state index < -0.39 is 0 Å². The highest BCUT2D eigenvalue weighted by Crippen LogP contribution is 2.55. The number of benzene rings is 1. The number of para-hydroxylation sites is 1. The number of piperidine rings is 1. The minimum absolute atomic E-state index is 0.216. The van der Waals surface area contributed by atoms with E-state index in [2.05, 4.69) is 20.6 Å². The van der Waals surface area contributed by atoms with Crippen LogP contribution in [0.2, 0.25) is 0 Å². The Hall–Kier alpha value is -2.34. The average molecular weight is 434 g/mol. The molecule has 1 aromatic heterocycles. The smallest absolute Gasteiger partial charge is 0.307 e. The standard InChI is InChI=1S/C26H35N5O/c1-17-4-2-3-5-23(17)28-26(32)29-24-6-9-27-31(24)22-7-10-30(11-8-22)25-20-13-18-12-19(15-20)16-21(25)14-18/h2-6,9,18-22,25H,7-8,10-16H2,1H3,(H2,28,29,32). The van der Waals surface area contributed by atoms with Crippen LogP contribution in [0.5, 0.6) is 0 Å². The highest BCUT2D eigenvalue weighted by molar-refractivity contribution is 5.99. The Labute approximate surface area is 190 Å². The SMILES string of the molecule is Cc1ccccc1NC(=O)Nc1ccnn1C1CCN(C2C3CC4CC(C3)CC2C4)CC1. The quantitative estimate of drug-likeness (QED) is 0.688. The molecule has 4 bridgehead atoms. The van der Waals surface area contributed by atoms with Gasteiger partial charge in [-0.25, -0.2) is 9.48 Å². The summed E-state index contributed by atoms with van der Waals surface area (Å²) in [5, 5.41) is 10.6. The molecule has 5 fully saturated rings. The van der Waals surface area contributed by atoms with Crippen LogP contribution in [0.1, 0.15) is 56.6 Å². The van der Waals surface area contributed by atoms with Crippen LogP contribution in [0.4, 0.5) is 16.3 Å². The first kappa shape index (κ1) is 20.3. The molecule has 4 saturated carbocycles. The zero-order valence-corrected chi connectivity index (χ0v) is 19.0. The van der Waals surface area contributed by atoms with Gasteiger partial charge in [-0.1, -0.05) is 18.2 Å². The van der Waals surface area contributed by atoms with E-state index >= 15 is 0 Å². The molecule has 0 radical (unpaired) electrons. The molecule has 6 nitrogen and oxygen atoms in total. The molecule has 2 N–H and O–H groups in total. The monoisotopic (exact) mass is 433 g/mol. The second-order valence-corrected chi connectivity index (χ2v) is 10.7. The van der Waals surface area contributed by atoms with E-state index in [1.165, 1.54) is 32.1 Å². The molecule has 5 aliphatic rings. The van der Waals surface area contributed by atoms with Crippen LogP contribution in [0, 0.1) is 30.6 Å². The number of likely N-dealkylation sites (tertiary alicyclic amines) is 1. The number of nitrogens with zero attached hydrogens (tertiary/aromatic N) is 3. The second kappa shape index (κ2) is 8.22. The van der Waals surface area contributed by atoms with Gasteiger partial charge in [0.05, 0.1) is 12.2 Å². The predicted molar refractivity (Wildman–Crippen MR) is 127 cm³/mol. The molecule has 170 valence electrons. The number of amides is 2. The second-order valence-electron chi connectivity index (χ2n) is 10.7. The van der Waals surface area contributed by atoms with E-state index in [0.717, 1.165) is 72.7 Å². The number of carbonyl (C=O) groups is 1. The highest BCUT2D eigenvalue weighted by Gasteiger charge is 2.50. The number of hydrogen-bond donors (Lipinski definition) is 2. The van der Waals surface area contributed by atoms with E-state index in [0.29, 0.717) is 6.04 Å². The van der Waals surface area contributed by atoms with Crippen molar-refractivity contribution in [2.45, 2.75) is 64.0 Å². The van der Waals surface area contributed by atoms with Gasteiger partial charge in [0, 0.05) is 30.9 Å². The van der Waals surface area contributed by atoms with Crippen LogP contribution >= 0.6 is 0 Å². The van der Waals surface area contributed by atoms with Gasteiger partial charge in [-0.05, 0) is 87.2 Å². The van der Waals surface area contributed by atoms with Crippen molar-refractivity contribution in [3.63, 3.8) is 0 Å². The maximum Gasteiger partial charge on any atom is 0.324 e. The van der Waals surface area contributed by atoms with Gasteiger partial charge in [-0.2, -0.15) is 5.10 Å². The molecule has 32 heavy (non-hydrogen) atoms. The molecule has 0 spiro atoms. The maximum absolute atomic E-state index is 12.6. The van der Waals surface area contributed by atoms with Crippen molar-refractivity contribution in [2.24, 2.45) is 23.7 Å². The fourth-order valence-electron chi connectivity index (χ4n) is 7.61. The zero-order valence-electron chi connectivity index (χ0n) is 19.0. The van der Waals surface area contributed by atoms with Crippen LogP contribution in [0.3, 0.4) is 0 Å². The lowest BCUT2D eigenvalue weighted by Crippen LogP contribution is -2.57. The summed E-state index contributed by atoms with van der Waals surface area (Å²) >= 11 is 0. The lowest BCUT2D eigenvalue weighted by atomic mass is 9.53. The van der Waals surface area contributed by atoms with Crippen molar-refractivity contribution in [2.75, 3.05) is 23.7 Å². The largest absolute Gasteiger partial charge is 0.324 e. The molecule has 1 saturated heterocycles. The van der Waals surface area contributed by atoms with Crippen LogP contribution in [0.15, 0.2) is 36.5 Å². The third kappa shape index (κ3) is 3.72. The first-order valence-corrected chi connectivity index (χ1v) is 12.5. The third-order valence-corrected chi connectivity index (χ3v) is 8.75. The molecular weight excluding hydrogens is 398 g/mol. The molecule has 2 aromatic rings. The van der Waals surface area contributed by atoms with Gasteiger partial charge in [0.25, 0.3) is 0 Å². The van der Waals surface area contributed by atoms with Gasteiger partial charge in [0.15, 0.2) is 0 Å². The summed E-state index contributed by atoms with van der Waals surface area (Å²) in [6.45, 7) is 4.32. The first-order chi connectivity index (χ1) is 15.6. The topological polar surface area (TPSA) is 62.2 Å². The summed E-state index contributed by atoms with van der Waals surface area (Å²) in [6.07, 6.45) is 11.5. The van der Waals surface area contributed by atoms with E-state index in [4.69, 9.17) is 0 Å². The van der Waals surface area contributed by atoms with Crippen molar-refractivity contribution in [3.05, 3.63) is 42.1 Å². The van der Waals surface area contributed by atoms with Gasteiger partial charge in [0.2, 0.25) is 0 Å². The van der Waals surface area contributed by atoms with E-state index in [9.17, 15) is 4.79 Å². The summed E-state index contributed by atoms with van der Waals surface area (Å²) in [7, 11) is 0. The predicted octanol–water partition coefficient (Wildman–Crippen LogP) is 5.30. The fraction of sp³-hybridized carbons (Fsp3) is 0.615. The normalized spacial score (nSPS) is 32.2. The summed E-state index contributed by atoms with van der Waals surface area (Å²) in [5.41, 5.74) is 1.88. The fourth-order valence-corrected chi connectivity index (χ4v) is 7.61. The minimum Gasteiger partial charge on any atom is -0.307 e. The Bertz CT molecular complexity index is 948. The molecule has 2 amide bonds. The Morgan fingerprint density at radius 1 is 0.938 bits per heavy atom. The number of carbonyl (C=O) groups excluding carboxylic acids is 1. The van der Waals surface area contributed by atoms with E-state index in [1.807, 2.05) is 41.9 Å². The number of aromatic nitrogens is 2. The third-order valence-electron chi connectivity index (χ3n) is 8.75. The van der Waals surface area contributed by atoms with Gasteiger partial charge < -0.3 is 5.32 Å². The van der Waals surface area contributed by atoms with Crippen LogP contribution in [-0.2, 0) is 0 Å². The number of hydrogen-bond acceptors (Lipinski definition) is 3. The Morgan fingerprint density at radius 2 is 1.62 bits per heavy atom. The highest BCUT2D eigenvalue weighted by atomic mass is 16.2. The number of urea groups is 1. The average Bonchev–Trinajstić information content (AvgIpc) is 3.23. The van der Waals surface area contributed by atoms with Crippen molar-refractivity contribution in [1.29, 1.82) is 0 Å². The van der Waals surface area contributed by atoms with Gasteiger partial charge in [-0.15, -0.1) is 0 Å². The number of aryl methyl sites for hydroxylation is 1. The van der Waals surface area contributed by atoms with Crippen molar-refractivity contribution >= 4 is 17.5 Å². The van der Waals surface area contributed by atoms with Gasteiger partial charge in [-0.3, -0.25) is 10.2 Å². The molecule has 7 rings (SSSR count). The summed E-state index contributed by atoms with van der Waals surface area (Å²) in [5.74, 6) is 4.76. The number of nitrogens with one attached hydrogen (secondary N) is 2. The maximum atomic E-state index is 12.6. The van der Waals surface area contributed by atoms with E-state index in [1.54, 1.807) is 6.20 Å². The molecule has 6 heteroatoms. The van der Waals surface area contributed by atoms with Crippen LogP contribution < -0.4 is 10.6 Å². The summed E-state index contributed by atoms with van der Waals surface area (Å²) < 4.78 is 2.03. The van der Waals surface area contributed by atoms with Gasteiger partial charge in [0.1, 0.15) is 5.82 Å². The number of anilines is 2. The Balaban J connectivity index is 1.08. The van der Waals surface area contributed by atoms with Gasteiger partial charge >= 0.3 is 6.03 Å². The molecule has 2 heterocycles. The lowest BCUT2D eigenvalue weighted by molar-refractivity contribution is -0.0732. The molecule has 0 atom stereocenters. The number of rotatable bonds is 4. The first-order valence-electron chi connectivity index (χ1n) is 12.5. The summed E-state index contributed by atoms with van der Waals surface area (Å²) in [6, 6.07) is 10.7. The lowest BCUT2D eigenvalue weighted by Gasteiger charge is -2.58. The van der Waals surface area contributed by atoms with Crippen molar-refractivity contribution in [1.82, 2.24) is 14.7 Å². The summed E-state index contributed by atoms with van der Waals surface area (Å²) in [4.78, 5) is 15.4. The molecule has 1 aromatic carbocycles. The molecule has 1 aliphatic heterocycles. The minimum atomic E-state index is -0.216.